The lowest BCUT2D eigenvalue weighted by Crippen LogP contribution is -2.00. The lowest BCUT2D eigenvalue weighted by atomic mass is 10.1. The van der Waals surface area contributed by atoms with Gasteiger partial charge in [0.05, 0.1) is 16.4 Å². The highest BCUT2D eigenvalue weighted by atomic mass is 79.9. The van der Waals surface area contributed by atoms with Gasteiger partial charge in [-0.3, -0.25) is 0 Å². The smallest absolute Gasteiger partial charge is 0.143 e. The van der Waals surface area contributed by atoms with Gasteiger partial charge in [-0.15, -0.1) is 0 Å². The van der Waals surface area contributed by atoms with Crippen molar-refractivity contribution in [2.45, 2.75) is 13.5 Å². The molecule has 0 spiro atoms. The zero-order valence-corrected chi connectivity index (χ0v) is 13.1. The standard InChI is InChI=1S/C15H12BrClN2O/c1-9-12(11-4-2-3-5-14(11)20-9)8-18-10-6-13(16)15(17)19-7-10/h2-7,18H,8H2,1H3. The SMILES string of the molecule is Cc1oc2ccccc2c1CNc1cnc(Cl)c(Br)c1. The summed E-state index contributed by atoms with van der Waals surface area (Å²) in [7, 11) is 0. The second kappa shape index (κ2) is 5.46. The van der Waals surface area contributed by atoms with Gasteiger partial charge in [-0.2, -0.15) is 0 Å². The molecule has 3 rings (SSSR count). The van der Waals surface area contributed by atoms with E-state index in [0.717, 1.165) is 32.5 Å². The Labute approximate surface area is 130 Å². The van der Waals surface area contributed by atoms with Crippen molar-refractivity contribution in [2.24, 2.45) is 0 Å². The molecule has 0 saturated carbocycles. The number of aryl methyl sites for hydroxylation is 1. The molecule has 0 aliphatic heterocycles. The van der Waals surface area contributed by atoms with Gasteiger partial charge in [0, 0.05) is 17.5 Å². The second-order valence-corrected chi connectivity index (χ2v) is 5.70. The first-order valence-corrected chi connectivity index (χ1v) is 7.34. The van der Waals surface area contributed by atoms with Gasteiger partial charge in [-0.25, -0.2) is 4.98 Å². The Morgan fingerprint density at radius 3 is 2.95 bits per heavy atom. The number of nitrogens with zero attached hydrogens (tertiary/aromatic N) is 1. The summed E-state index contributed by atoms with van der Waals surface area (Å²) in [6.45, 7) is 2.66. The van der Waals surface area contributed by atoms with Crippen molar-refractivity contribution in [3.05, 3.63) is 57.5 Å². The van der Waals surface area contributed by atoms with Crippen LogP contribution < -0.4 is 5.32 Å². The maximum atomic E-state index is 5.88. The van der Waals surface area contributed by atoms with Crippen molar-refractivity contribution in [1.82, 2.24) is 4.98 Å². The molecule has 0 bridgehead atoms. The molecule has 20 heavy (non-hydrogen) atoms. The second-order valence-electron chi connectivity index (χ2n) is 4.48. The molecule has 0 amide bonds. The van der Waals surface area contributed by atoms with E-state index in [1.165, 1.54) is 0 Å². The first kappa shape index (κ1) is 13.5. The van der Waals surface area contributed by atoms with Crippen molar-refractivity contribution < 1.29 is 4.42 Å². The first-order chi connectivity index (χ1) is 9.65. The Morgan fingerprint density at radius 1 is 1.35 bits per heavy atom. The van der Waals surface area contributed by atoms with E-state index in [1.807, 2.05) is 31.2 Å². The van der Waals surface area contributed by atoms with E-state index in [4.69, 9.17) is 16.0 Å². The molecule has 0 aliphatic carbocycles. The highest BCUT2D eigenvalue weighted by Crippen LogP contribution is 2.27. The molecule has 3 aromatic rings. The van der Waals surface area contributed by atoms with Crippen molar-refractivity contribution >= 4 is 44.2 Å². The molecule has 0 radical (unpaired) electrons. The van der Waals surface area contributed by atoms with E-state index >= 15 is 0 Å². The highest BCUT2D eigenvalue weighted by molar-refractivity contribution is 9.10. The minimum Gasteiger partial charge on any atom is -0.461 e. The third kappa shape index (κ3) is 2.53. The largest absolute Gasteiger partial charge is 0.461 e. The lowest BCUT2D eigenvalue weighted by Gasteiger charge is -2.06. The topological polar surface area (TPSA) is 38.1 Å². The fourth-order valence-corrected chi connectivity index (χ4v) is 2.60. The van der Waals surface area contributed by atoms with Crippen LogP contribution in [0.2, 0.25) is 5.15 Å². The summed E-state index contributed by atoms with van der Waals surface area (Å²) in [4.78, 5) is 4.10. The van der Waals surface area contributed by atoms with Gasteiger partial charge < -0.3 is 9.73 Å². The minimum atomic E-state index is 0.459. The summed E-state index contributed by atoms with van der Waals surface area (Å²) >= 11 is 9.25. The van der Waals surface area contributed by atoms with Crippen LogP contribution in [-0.4, -0.2) is 4.98 Å². The molecule has 102 valence electrons. The number of halogens is 2. The number of anilines is 1. The maximum absolute atomic E-state index is 5.88. The third-order valence-corrected chi connectivity index (χ3v) is 4.30. The molecule has 5 heteroatoms. The predicted molar refractivity (Wildman–Crippen MR) is 85.2 cm³/mol. The Kier molecular flexibility index (Phi) is 3.68. The summed E-state index contributed by atoms with van der Waals surface area (Å²) < 4.78 is 6.52. The van der Waals surface area contributed by atoms with E-state index in [9.17, 15) is 0 Å². The number of nitrogens with one attached hydrogen (secondary N) is 1. The zero-order chi connectivity index (χ0) is 14.1. The third-order valence-electron chi connectivity index (χ3n) is 3.17. The Hall–Kier alpha value is -1.52. The van der Waals surface area contributed by atoms with Gasteiger partial charge in [0.2, 0.25) is 0 Å². The van der Waals surface area contributed by atoms with Crippen LogP contribution in [0.5, 0.6) is 0 Å². The molecular weight excluding hydrogens is 340 g/mol. The van der Waals surface area contributed by atoms with Crippen LogP contribution in [0, 0.1) is 6.92 Å². The first-order valence-electron chi connectivity index (χ1n) is 6.17. The number of pyridine rings is 1. The number of aromatic nitrogens is 1. The van der Waals surface area contributed by atoms with Crippen LogP contribution in [0.15, 0.2) is 45.4 Å². The van der Waals surface area contributed by atoms with Crippen molar-refractivity contribution in [3.8, 4) is 0 Å². The number of para-hydroxylation sites is 1. The molecule has 0 unspecified atom stereocenters. The predicted octanol–water partition coefficient (Wildman–Crippen LogP) is 5.16. The highest BCUT2D eigenvalue weighted by Gasteiger charge is 2.10. The summed E-state index contributed by atoms with van der Waals surface area (Å²) in [5, 5.41) is 4.93. The quantitative estimate of drug-likeness (QED) is 0.662. The Balaban J connectivity index is 1.86. The number of rotatable bonds is 3. The molecule has 3 nitrogen and oxygen atoms in total. The van der Waals surface area contributed by atoms with Gasteiger partial charge in [0.1, 0.15) is 16.5 Å². The van der Waals surface area contributed by atoms with Crippen LogP contribution in [0.3, 0.4) is 0 Å². The van der Waals surface area contributed by atoms with E-state index < -0.39 is 0 Å². The number of hydrogen-bond acceptors (Lipinski definition) is 3. The Bertz CT molecular complexity index is 770. The zero-order valence-electron chi connectivity index (χ0n) is 10.8. The number of benzene rings is 1. The molecule has 0 saturated heterocycles. The fourth-order valence-electron chi connectivity index (χ4n) is 2.15. The normalized spacial score (nSPS) is 10.9. The van der Waals surface area contributed by atoms with Gasteiger partial charge in [-0.1, -0.05) is 29.8 Å². The van der Waals surface area contributed by atoms with Crippen molar-refractivity contribution in [2.75, 3.05) is 5.32 Å². The lowest BCUT2D eigenvalue weighted by molar-refractivity contribution is 0.573. The summed E-state index contributed by atoms with van der Waals surface area (Å²) in [6.07, 6.45) is 1.71. The maximum Gasteiger partial charge on any atom is 0.143 e. The van der Waals surface area contributed by atoms with Crippen LogP contribution in [-0.2, 0) is 6.54 Å². The van der Waals surface area contributed by atoms with E-state index in [0.29, 0.717) is 11.7 Å². The van der Waals surface area contributed by atoms with Gasteiger partial charge in [0.25, 0.3) is 0 Å². The van der Waals surface area contributed by atoms with Crippen LogP contribution >= 0.6 is 27.5 Å². The molecule has 0 fully saturated rings. The molecule has 0 atom stereocenters. The van der Waals surface area contributed by atoms with Crippen LogP contribution in [0.4, 0.5) is 5.69 Å². The molecule has 2 aromatic heterocycles. The summed E-state index contributed by atoms with van der Waals surface area (Å²) in [6, 6.07) is 9.95. The summed E-state index contributed by atoms with van der Waals surface area (Å²) in [5.74, 6) is 0.930. The van der Waals surface area contributed by atoms with Gasteiger partial charge >= 0.3 is 0 Å². The van der Waals surface area contributed by atoms with Gasteiger partial charge in [0.15, 0.2) is 0 Å². The number of fused-ring (bicyclic) bond motifs is 1. The molecule has 2 heterocycles. The number of hydrogen-bond donors (Lipinski definition) is 1. The van der Waals surface area contributed by atoms with Crippen molar-refractivity contribution in [1.29, 1.82) is 0 Å². The minimum absolute atomic E-state index is 0.459. The molecule has 1 N–H and O–H groups in total. The van der Waals surface area contributed by atoms with E-state index in [-0.39, 0.29) is 0 Å². The molecule has 0 aliphatic rings. The average molecular weight is 352 g/mol. The van der Waals surface area contributed by atoms with E-state index in [1.54, 1.807) is 6.20 Å². The number of furan rings is 1. The van der Waals surface area contributed by atoms with E-state index in [2.05, 4.69) is 32.3 Å². The monoisotopic (exact) mass is 350 g/mol. The molecule has 1 aromatic carbocycles. The van der Waals surface area contributed by atoms with Gasteiger partial charge in [-0.05, 0) is 35.0 Å². The van der Waals surface area contributed by atoms with Crippen LogP contribution in [0.25, 0.3) is 11.0 Å². The average Bonchev–Trinajstić information content (AvgIpc) is 2.76. The fraction of sp³-hybridized carbons (Fsp3) is 0.133. The molecular formula is C15H12BrClN2O. The Morgan fingerprint density at radius 2 is 2.15 bits per heavy atom. The summed E-state index contributed by atoms with van der Waals surface area (Å²) in [5.41, 5.74) is 2.98. The van der Waals surface area contributed by atoms with Crippen LogP contribution in [0.1, 0.15) is 11.3 Å². The van der Waals surface area contributed by atoms with Crippen molar-refractivity contribution in [3.63, 3.8) is 0 Å².